The second-order valence-electron chi connectivity index (χ2n) is 4.42. The molecule has 5 nitrogen and oxygen atoms in total. The number of aromatic nitrogens is 1. The molecule has 0 radical (unpaired) electrons. The predicted molar refractivity (Wildman–Crippen MR) is 79.2 cm³/mol. The van der Waals surface area contributed by atoms with Gasteiger partial charge in [-0.3, -0.25) is 0 Å². The summed E-state index contributed by atoms with van der Waals surface area (Å²) in [5.74, 6) is 0.320. The van der Waals surface area contributed by atoms with Crippen LogP contribution in [0.4, 0.5) is 10.1 Å². The maximum Gasteiger partial charge on any atom is 0.212 e. The summed E-state index contributed by atoms with van der Waals surface area (Å²) in [5, 5.41) is 3.23. The molecule has 1 unspecified atom stereocenters. The summed E-state index contributed by atoms with van der Waals surface area (Å²) >= 11 is 0. The van der Waals surface area contributed by atoms with E-state index in [0.29, 0.717) is 12.4 Å². The van der Waals surface area contributed by atoms with Crippen molar-refractivity contribution >= 4 is 5.69 Å². The number of pyridine rings is 1. The molecule has 0 aliphatic carbocycles. The van der Waals surface area contributed by atoms with Crippen LogP contribution < -0.4 is 20.5 Å². The molecule has 0 fully saturated rings. The third-order valence-electron chi connectivity index (χ3n) is 3.10. The van der Waals surface area contributed by atoms with Crippen molar-refractivity contribution in [2.45, 2.75) is 6.04 Å². The quantitative estimate of drug-likeness (QED) is 0.855. The van der Waals surface area contributed by atoms with Crippen LogP contribution in [0, 0.1) is 5.82 Å². The molecule has 1 heterocycles. The number of ether oxygens (including phenoxy) is 2. The van der Waals surface area contributed by atoms with Crippen LogP contribution in [0.1, 0.15) is 11.6 Å². The fraction of sp³-hybridized carbons (Fsp3) is 0.267. The van der Waals surface area contributed by atoms with E-state index in [-0.39, 0.29) is 11.8 Å². The lowest BCUT2D eigenvalue weighted by molar-refractivity contribution is 0.386. The Balaban J connectivity index is 2.18. The Labute approximate surface area is 122 Å². The Morgan fingerprint density at radius 2 is 2.05 bits per heavy atom. The van der Waals surface area contributed by atoms with Gasteiger partial charge in [0, 0.05) is 30.6 Å². The van der Waals surface area contributed by atoms with Crippen LogP contribution in [-0.4, -0.2) is 25.7 Å². The summed E-state index contributed by atoms with van der Waals surface area (Å²) in [7, 11) is 2.99. The SMILES string of the molecule is COc1ccc(C(CN)Nc2ccc(F)c(OC)c2)cn1. The molecule has 2 rings (SSSR count). The predicted octanol–water partition coefficient (Wildman–Crippen LogP) is 2.35. The summed E-state index contributed by atoms with van der Waals surface area (Å²) in [6.07, 6.45) is 1.70. The Bertz CT molecular complexity index is 590. The van der Waals surface area contributed by atoms with Gasteiger partial charge in [-0.1, -0.05) is 6.07 Å². The van der Waals surface area contributed by atoms with Gasteiger partial charge in [0.15, 0.2) is 11.6 Å². The van der Waals surface area contributed by atoms with Crippen LogP contribution in [0.5, 0.6) is 11.6 Å². The van der Waals surface area contributed by atoms with Gasteiger partial charge in [-0.25, -0.2) is 9.37 Å². The van der Waals surface area contributed by atoms with Crippen molar-refractivity contribution in [1.82, 2.24) is 4.98 Å². The van der Waals surface area contributed by atoms with E-state index in [1.165, 1.54) is 13.2 Å². The highest BCUT2D eigenvalue weighted by Crippen LogP contribution is 2.25. The molecule has 112 valence electrons. The van der Waals surface area contributed by atoms with Crippen molar-refractivity contribution in [3.05, 3.63) is 47.9 Å². The molecule has 6 heteroatoms. The van der Waals surface area contributed by atoms with Gasteiger partial charge in [0.1, 0.15) is 0 Å². The van der Waals surface area contributed by atoms with Crippen LogP contribution in [-0.2, 0) is 0 Å². The molecule has 1 aromatic heterocycles. The van der Waals surface area contributed by atoms with Gasteiger partial charge >= 0.3 is 0 Å². The Hall–Kier alpha value is -2.34. The first kappa shape index (κ1) is 15.1. The minimum Gasteiger partial charge on any atom is -0.494 e. The van der Waals surface area contributed by atoms with Crippen molar-refractivity contribution in [3.63, 3.8) is 0 Å². The Morgan fingerprint density at radius 1 is 1.24 bits per heavy atom. The van der Waals surface area contributed by atoms with Gasteiger partial charge < -0.3 is 20.5 Å². The zero-order chi connectivity index (χ0) is 15.2. The van der Waals surface area contributed by atoms with E-state index in [2.05, 4.69) is 10.3 Å². The minimum absolute atomic E-state index is 0.140. The monoisotopic (exact) mass is 291 g/mol. The summed E-state index contributed by atoms with van der Waals surface area (Å²) in [4.78, 5) is 4.15. The maximum atomic E-state index is 13.4. The first-order chi connectivity index (χ1) is 10.2. The fourth-order valence-electron chi connectivity index (χ4n) is 1.95. The molecular formula is C15H18FN3O2. The first-order valence-corrected chi connectivity index (χ1v) is 6.48. The smallest absolute Gasteiger partial charge is 0.212 e. The van der Waals surface area contributed by atoms with Gasteiger partial charge in [0.25, 0.3) is 0 Å². The fourth-order valence-corrected chi connectivity index (χ4v) is 1.95. The van der Waals surface area contributed by atoms with E-state index >= 15 is 0 Å². The zero-order valence-corrected chi connectivity index (χ0v) is 12.0. The van der Waals surface area contributed by atoms with Crippen LogP contribution >= 0.6 is 0 Å². The molecule has 21 heavy (non-hydrogen) atoms. The molecule has 3 N–H and O–H groups in total. The summed E-state index contributed by atoms with van der Waals surface area (Å²) in [6.45, 7) is 0.369. The van der Waals surface area contributed by atoms with Crippen molar-refractivity contribution < 1.29 is 13.9 Å². The average molecular weight is 291 g/mol. The van der Waals surface area contributed by atoms with Crippen LogP contribution in [0.25, 0.3) is 0 Å². The molecule has 0 saturated heterocycles. The highest BCUT2D eigenvalue weighted by Gasteiger charge is 2.12. The number of rotatable bonds is 6. The number of hydrogen-bond donors (Lipinski definition) is 2. The zero-order valence-electron chi connectivity index (χ0n) is 12.0. The van der Waals surface area contributed by atoms with Gasteiger partial charge in [0.05, 0.1) is 20.3 Å². The lowest BCUT2D eigenvalue weighted by atomic mass is 10.1. The molecule has 2 aromatic rings. The number of halogens is 1. The number of anilines is 1. The molecule has 0 aliphatic rings. The topological polar surface area (TPSA) is 69.4 Å². The van der Waals surface area contributed by atoms with Crippen LogP contribution in [0.2, 0.25) is 0 Å². The molecule has 0 aliphatic heterocycles. The highest BCUT2D eigenvalue weighted by molar-refractivity contribution is 5.50. The lowest BCUT2D eigenvalue weighted by Crippen LogP contribution is -2.20. The number of nitrogens with zero attached hydrogens (tertiary/aromatic N) is 1. The molecular weight excluding hydrogens is 273 g/mol. The van der Waals surface area contributed by atoms with Gasteiger partial charge in [-0.2, -0.15) is 0 Å². The second kappa shape index (κ2) is 6.90. The normalized spacial score (nSPS) is 11.8. The molecule has 0 saturated carbocycles. The second-order valence-corrected chi connectivity index (χ2v) is 4.42. The molecule has 0 spiro atoms. The van der Waals surface area contributed by atoms with Crippen molar-refractivity contribution in [1.29, 1.82) is 0 Å². The van der Waals surface area contributed by atoms with E-state index in [1.807, 2.05) is 6.07 Å². The molecule has 0 bridgehead atoms. The van der Waals surface area contributed by atoms with Crippen molar-refractivity contribution in [3.8, 4) is 11.6 Å². The molecule has 1 aromatic carbocycles. The van der Waals surface area contributed by atoms with E-state index in [1.54, 1.807) is 31.5 Å². The van der Waals surface area contributed by atoms with Gasteiger partial charge in [-0.05, 0) is 17.7 Å². The number of methoxy groups -OCH3 is 2. The Kier molecular flexibility index (Phi) is 4.94. The third kappa shape index (κ3) is 3.61. The number of benzene rings is 1. The van der Waals surface area contributed by atoms with E-state index < -0.39 is 5.82 Å². The third-order valence-corrected chi connectivity index (χ3v) is 3.10. The lowest BCUT2D eigenvalue weighted by Gasteiger charge is -2.19. The van der Waals surface area contributed by atoms with Gasteiger partial charge in [0.2, 0.25) is 5.88 Å². The summed E-state index contributed by atoms with van der Waals surface area (Å²) in [6, 6.07) is 8.09. The summed E-state index contributed by atoms with van der Waals surface area (Å²) in [5.41, 5.74) is 7.44. The Morgan fingerprint density at radius 3 is 2.62 bits per heavy atom. The summed E-state index contributed by atoms with van der Waals surface area (Å²) < 4.78 is 23.4. The minimum atomic E-state index is -0.404. The van der Waals surface area contributed by atoms with E-state index in [0.717, 1.165) is 11.3 Å². The maximum absolute atomic E-state index is 13.4. The number of nitrogens with one attached hydrogen (secondary N) is 1. The van der Waals surface area contributed by atoms with Crippen LogP contribution in [0.3, 0.4) is 0 Å². The standard InChI is InChI=1S/C15H18FN3O2/c1-20-14-7-11(4-5-12(14)16)19-13(8-17)10-3-6-15(21-2)18-9-10/h3-7,9,13,19H,8,17H2,1-2H3. The first-order valence-electron chi connectivity index (χ1n) is 6.48. The molecule has 1 atom stereocenters. The highest BCUT2D eigenvalue weighted by atomic mass is 19.1. The van der Waals surface area contributed by atoms with Crippen molar-refractivity contribution in [2.24, 2.45) is 5.73 Å². The van der Waals surface area contributed by atoms with Gasteiger partial charge in [-0.15, -0.1) is 0 Å². The van der Waals surface area contributed by atoms with E-state index in [4.69, 9.17) is 15.2 Å². The van der Waals surface area contributed by atoms with E-state index in [9.17, 15) is 4.39 Å². The number of nitrogens with two attached hydrogens (primary N) is 1. The number of hydrogen-bond acceptors (Lipinski definition) is 5. The largest absolute Gasteiger partial charge is 0.494 e. The van der Waals surface area contributed by atoms with Crippen LogP contribution in [0.15, 0.2) is 36.5 Å². The van der Waals surface area contributed by atoms with Crippen molar-refractivity contribution in [2.75, 3.05) is 26.1 Å². The molecule has 0 amide bonds. The average Bonchev–Trinajstić information content (AvgIpc) is 2.54.